The van der Waals surface area contributed by atoms with E-state index in [-0.39, 0.29) is 0 Å². The lowest BCUT2D eigenvalue weighted by molar-refractivity contribution is -0.302. The Balaban J connectivity index is 3.90. The minimum atomic E-state index is -6.84. The largest absolute Gasteiger partial charge is 0.461 e. The second kappa shape index (κ2) is 5.98. The van der Waals surface area contributed by atoms with Crippen LogP contribution in [-0.4, -0.2) is 33.5 Å². The van der Waals surface area contributed by atoms with Gasteiger partial charge in [-0.2, -0.15) is 65.9 Å². The number of hydrogen-bond acceptors (Lipinski definition) is 3. The van der Waals surface area contributed by atoms with Gasteiger partial charge < -0.3 is 0 Å². The molecule has 0 fully saturated rings. The summed E-state index contributed by atoms with van der Waals surface area (Å²) < 4.78 is 188. The number of nitrogens with zero attached hydrogens (tertiary/aromatic N) is 3. The molecule has 1 heterocycles. The summed E-state index contributed by atoms with van der Waals surface area (Å²) in [5.74, 6) is -30.2. The normalized spacial score (nSPS) is 15.2. The molecule has 0 radical (unpaired) electrons. The van der Waals surface area contributed by atoms with Crippen LogP contribution in [0.5, 0.6) is 0 Å². The molecule has 0 aromatic carbocycles. The smallest absolute Gasteiger partial charge is 0.205 e. The second-order valence-corrected chi connectivity index (χ2v) is 4.52. The van der Waals surface area contributed by atoms with Gasteiger partial charge in [-0.05, 0) is 0 Å². The summed E-state index contributed by atoms with van der Waals surface area (Å²) in [6, 6.07) is 0. The molecule has 0 saturated heterocycles. The molecule has 0 saturated carbocycles. The minimum absolute atomic E-state index is 1.44. The van der Waals surface area contributed by atoms with E-state index >= 15 is 0 Å². The highest BCUT2D eigenvalue weighted by Gasteiger charge is 2.67. The molecule has 27 heavy (non-hydrogen) atoms. The lowest BCUT2D eigenvalue weighted by Crippen LogP contribution is -2.43. The zero-order valence-electron chi connectivity index (χ0n) is 11.5. The van der Waals surface area contributed by atoms with E-state index in [0.29, 0.717) is 0 Å². The Hall–Kier alpha value is -2.04. The zero-order chi connectivity index (χ0) is 21.9. The van der Waals surface area contributed by atoms with Crippen LogP contribution < -0.4 is 0 Å². The van der Waals surface area contributed by atoms with Gasteiger partial charge in [0.1, 0.15) is 0 Å². The van der Waals surface area contributed by atoms with Crippen molar-refractivity contribution < 1.29 is 65.9 Å². The predicted molar refractivity (Wildman–Crippen MR) is 49.7 cm³/mol. The average Bonchev–Trinajstić information content (AvgIpc) is 2.43. The fourth-order valence-electron chi connectivity index (χ4n) is 1.18. The van der Waals surface area contributed by atoms with Gasteiger partial charge in [0.2, 0.25) is 17.5 Å². The van der Waals surface area contributed by atoms with Crippen LogP contribution in [0.1, 0.15) is 17.5 Å². The van der Waals surface area contributed by atoms with Crippen LogP contribution in [0.2, 0.25) is 0 Å². The van der Waals surface area contributed by atoms with E-state index in [0.717, 1.165) is 0 Å². The third-order valence-electron chi connectivity index (χ3n) is 2.55. The van der Waals surface area contributed by atoms with Crippen molar-refractivity contribution in [2.24, 2.45) is 0 Å². The Morgan fingerprint density at radius 2 is 0.481 bits per heavy atom. The van der Waals surface area contributed by atoms with Crippen LogP contribution in [0.3, 0.4) is 0 Å². The lowest BCUT2D eigenvalue weighted by atomic mass is 10.2. The molecule has 0 aliphatic rings. The summed E-state index contributed by atoms with van der Waals surface area (Å²) in [7, 11) is 0. The molecule has 156 valence electrons. The minimum Gasteiger partial charge on any atom is -0.205 e. The summed E-state index contributed by atoms with van der Waals surface area (Å²) in [6.45, 7) is 0. The van der Waals surface area contributed by atoms with Crippen LogP contribution >= 0.6 is 0 Å². The SMILES string of the molecule is FC(F)(F)C(F)(F)c1nc(C(F)(F)C(F)(F)F)nc(C(F)(F)C(F)(F)F)n1. The van der Waals surface area contributed by atoms with Crippen molar-refractivity contribution in [2.45, 2.75) is 36.3 Å². The Kier molecular flexibility index (Phi) is 5.09. The van der Waals surface area contributed by atoms with E-state index in [2.05, 4.69) is 0 Å². The summed E-state index contributed by atoms with van der Waals surface area (Å²) in [5, 5.41) is 0. The van der Waals surface area contributed by atoms with Crippen molar-refractivity contribution in [3.05, 3.63) is 17.5 Å². The molecule has 18 heteroatoms. The molecular formula is C9F15N3. The molecule has 3 nitrogen and oxygen atoms in total. The van der Waals surface area contributed by atoms with Crippen molar-refractivity contribution in [1.29, 1.82) is 0 Å². The van der Waals surface area contributed by atoms with E-state index in [1.165, 1.54) is 15.0 Å². The van der Waals surface area contributed by atoms with Gasteiger partial charge >= 0.3 is 36.3 Å². The summed E-state index contributed by atoms with van der Waals surface area (Å²) in [6.07, 6.45) is -20.5. The fourth-order valence-corrected chi connectivity index (χ4v) is 1.18. The maximum atomic E-state index is 13.1. The van der Waals surface area contributed by atoms with Gasteiger partial charge in [0.05, 0.1) is 0 Å². The molecule has 0 N–H and O–H groups in total. The summed E-state index contributed by atoms with van der Waals surface area (Å²) >= 11 is 0. The van der Waals surface area contributed by atoms with Gasteiger partial charge in [0, 0.05) is 0 Å². The van der Waals surface area contributed by atoms with Crippen molar-refractivity contribution >= 4 is 0 Å². The van der Waals surface area contributed by atoms with Crippen LogP contribution in [0.15, 0.2) is 0 Å². The number of hydrogen-bond donors (Lipinski definition) is 0. The van der Waals surface area contributed by atoms with Gasteiger partial charge in [0.25, 0.3) is 0 Å². The van der Waals surface area contributed by atoms with Gasteiger partial charge in [-0.3, -0.25) is 0 Å². The van der Waals surface area contributed by atoms with Crippen LogP contribution in [0.25, 0.3) is 0 Å². The Morgan fingerprint density at radius 1 is 0.333 bits per heavy atom. The molecule has 0 aliphatic heterocycles. The highest BCUT2D eigenvalue weighted by Crippen LogP contribution is 2.48. The number of aromatic nitrogens is 3. The van der Waals surface area contributed by atoms with Gasteiger partial charge in [-0.15, -0.1) is 0 Å². The lowest BCUT2D eigenvalue weighted by Gasteiger charge is -2.24. The molecular weight excluding hydrogens is 435 g/mol. The van der Waals surface area contributed by atoms with Crippen LogP contribution in [0.4, 0.5) is 65.9 Å². The molecule has 0 atom stereocenters. The highest BCUT2D eigenvalue weighted by molar-refractivity contribution is 5.13. The van der Waals surface area contributed by atoms with E-state index in [9.17, 15) is 65.9 Å². The monoisotopic (exact) mass is 435 g/mol. The third-order valence-corrected chi connectivity index (χ3v) is 2.55. The Bertz CT molecular complexity index is 590. The van der Waals surface area contributed by atoms with Crippen molar-refractivity contribution in [3.63, 3.8) is 0 Å². The molecule has 0 bridgehead atoms. The topological polar surface area (TPSA) is 38.7 Å². The summed E-state index contributed by atoms with van der Waals surface area (Å²) in [5.41, 5.74) is 0. The maximum absolute atomic E-state index is 13.1. The fraction of sp³-hybridized carbons (Fsp3) is 0.667. The van der Waals surface area contributed by atoms with Gasteiger partial charge in [-0.1, -0.05) is 0 Å². The van der Waals surface area contributed by atoms with E-state index < -0.39 is 53.8 Å². The first-order chi connectivity index (χ1) is 11.6. The molecule has 0 spiro atoms. The Labute approximate surface area is 136 Å². The van der Waals surface area contributed by atoms with Crippen LogP contribution in [-0.2, 0) is 17.8 Å². The zero-order valence-corrected chi connectivity index (χ0v) is 11.5. The molecule has 0 unspecified atom stereocenters. The van der Waals surface area contributed by atoms with Crippen molar-refractivity contribution in [3.8, 4) is 0 Å². The predicted octanol–water partition coefficient (Wildman–Crippen LogP) is 4.83. The third kappa shape index (κ3) is 3.83. The molecule has 0 amide bonds. The Morgan fingerprint density at radius 3 is 0.593 bits per heavy atom. The first kappa shape index (κ1) is 23.0. The van der Waals surface area contributed by atoms with Crippen molar-refractivity contribution in [2.75, 3.05) is 0 Å². The quantitative estimate of drug-likeness (QED) is 0.639. The maximum Gasteiger partial charge on any atom is 0.461 e. The van der Waals surface area contributed by atoms with Gasteiger partial charge in [0.15, 0.2) is 0 Å². The molecule has 1 aromatic heterocycles. The standard InChI is InChI=1S/C9F15N3/c10-4(11,7(16,17)18)1-25-2(5(12,13)8(19,20)21)27-3(26-1)6(14,15)9(22,23)24. The number of halogens is 15. The van der Waals surface area contributed by atoms with Crippen molar-refractivity contribution in [1.82, 2.24) is 15.0 Å². The summed E-state index contributed by atoms with van der Waals surface area (Å²) in [4.78, 5) is 4.33. The van der Waals surface area contributed by atoms with E-state index in [4.69, 9.17) is 0 Å². The molecule has 0 aliphatic carbocycles. The highest BCUT2D eigenvalue weighted by atomic mass is 19.4. The second-order valence-electron chi connectivity index (χ2n) is 4.52. The number of rotatable bonds is 3. The van der Waals surface area contributed by atoms with Gasteiger partial charge in [-0.25, -0.2) is 15.0 Å². The average molecular weight is 435 g/mol. The molecule has 1 rings (SSSR count). The number of alkyl halides is 15. The first-order valence-electron chi connectivity index (χ1n) is 5.68. The van der Waals surface area contributed by atoms with E-state index in [1.807, 2.05) is 0 Å². The van der Waals surface area contributed by atoms with Crippen LogP contribution in [0, 0.1) is 0 Å². The van der Waals surface area contributed by atoms with E-state index in [1.54, 1.807) is 0 Å². The molecule has 1 aromatic rings. The first-order valence-corrected chi connectivity index (χ1v) is 5.68.